The zero-order valence-electron chi connectivity index (χ0n) is 19.9. The van der Waals surface area contributed by atoms with Gasteiger partial charge in [-0.05, 0) is 42.3 Å². The van der Waals surface area contributed by atoms with E-state index in [1.807, 2.05) is 42.5 Å². The number of benzene rings is 3. The molecule has 1 amide bonds. The molecule has 2 atom stereocenters. The van der Waals surface area contributed by atoms with E-state index in [1.165, 1.54) is 0 Å². The summed E-state index contributed by atoms with van der Waals surface area (Å²) in [6, 6.07) is 17.7. The van der Waals surface area contributed by atoms with Crippen LogP contribution in [0, 0.1) is 0 Å². The van der Waals surface area contributed by atoms with Gasteiger partial charge in [0.25, 0.3) is 5.91 Å². The minimum absolute atomic E-state index is 0.0686. The third kappa shape index (κ3) is 5.44. The van der Waals surface area contributed by atoms with Gasteiger partial charge in [-0.15, -0.1) is 0 Å². The largest absolute Gasteiger partial charge is 0.497 e. The van der Waals surface area contributed by atoms with E-state index in [0.717, 1.165) is 5.56 Å². The molecule has 0 unspecified atom stereocenters. The lowest BCUT2D eigenvalue weighted by Crippen LogP contribution is -2.31. The number of hydrogen-bond donors (Lipinski definition) is 2. The normalized spacial score (nSPS) is 13.6. The van der Waals surface area contributed by atoms with E-state index >= 15 is 0 Å². The molecule has 3 aromatic rings. The highest BCUT2D eigenvalue weighted by atomic mass is 16.7. The van der Waals surface area contributed by atoms with E-state index in [9.17, 15) is 9.90 Å². The van der Waals surface area contributed by atoms with E-state index < -0.39 is 12.1 Å². The number of carbonyl (C=O) groups excluding carboxylic acids is 1. The number of aliphatic hydroxyl groups excluding tert-OH is 1. The van der Waals surface area contributed by atoms with Crippen molar-refractivity contribution in [3.8, 4) is 28.7 Å². The highest BCUT2D eigenvalue weighted by Crippen LogP contribution is 2.49. The van der Waals surface area contributed by atoms with Gasteiger partial charge >= 0.3 is 0 Å². The maximum absolute atomic E-state index is 12.9. The molecule has 1 aliphatic heterocycles. The number of hydrogen-bond acceptors (Lipinski definition) is 7. The summed E-state index contributed by atoms with van der Waals surface area (Å²) < 4.78 is 27.4. The first-order valence-electron chi connectivity index (χ1n) is 11.3. The van der Waals surface area contributed by atoms with Crippen LogP contribution in [0.3, 0.4) is 0 Å². The van der Waals surface area contributed by atoms with Gasteiger partial charge in [0, 0.05) is 17.5 Å². The van der Waals surface area contributed by atoms with Crippen LogP contribution in [-0.2, 0) is 6.42 Å². The molecule has 0 aromatic heterocycles. The highest BCUT2D eigenvalue weighted by Gasteiger charge is 2.28. The lowest BCUT2D eigenvalue weighted by molar-refractivity contribution is 0.0909. The van der Waals surface area contributed by atoms with E-state index in [4.69, 9.17) is 23.7 Å². The van der Waals surface area contributed by atoms with Crippen molar-refractivity contribution in [2.75, 3.05) is 28.1 Å². The van der Waals surface area contributed by atoms with Crippen LogP contribution >= 0.6 is 0 Å². The van der Waals surface area contributed by atoms with Gasteiger partial charge in [0.2, 0.25) is 18.3 Å². The van der Waals surface area contributed by atoms with Crippen LogP contribution in [0.1, 0.15) is 33.9 Å². The number of fused-ring (bicyclic) bond motifs is 1. The summed E-state index contributed by atoms with van der Waals surface area (Å²) >= 11 is 0. The van der Waals surface area contributed by atoms with Crippen LogP contribution in [0.5, 0.6) is 28.7 Å². The molecule has 0 aliphatic carbocycles. The van der Waals surface area contributed by atoms with Gasteiger partial charge in [-0.3, -0.25) is 4.79 Å². The van der Waals surface area contributed by atoms with Crippen LogP contribution in [0.15, 0.2) is 60.7 Å². The maximum atomic E-state index is 12.9. The average Bonchev–Trinajstić information content (AvgIpc) is 3.38. The second-order valence-electron chi connectivity index (χ2n) is 8.09. The second-order valence-corrected chi connectivity index (χ2v) is 8.09. The molecule has 8 heteroatoms. The summed E-state index contributed by atoms with van der Waals surface area (Å²) in [6.45, 7) is 0.0686. The minimum atomic E-state index is -0.808. The van der Waals surface area contributed by atoms with Gasteiger partial charge in [-0.2, -0.15) is 0 Å². The van der Waals surface area contributed by atoms with Crippen molar-refractivity contribution in [3.63, 3.8) is 0 Å². The summed E-state index contributed by atoms with van der Waals surface area (Å²) in [5.74, 6) is 2.42. The summed E-state index contributed by atoms with van der Waals surface area (Å²) in [4.78, 5) is 12.9. The van der Waals surface area contributed by atoms with Crippen LogP contribution in [0.4, 0.5) is 0 Å². The summed E-state index contributed by atoms with van der Waals surface area (Å²) in [5.41, 5.74) is 2.11. The number of rotatable bonds is 10. The fraction of sp³-hybridized carbons (Fsp3) is 0.296. The number of nitrogens with one attached hydrogen (secondary N) is 1. The molecule has 0 fully saturated rings. The van der Waals surface area contributed by atoms with Crippen molar-refractivity contribution in [1.82, 2.24) is 5.32 Å². The summed E-state index contributed by atoms with van der Waals surface area (Å²) in [6.07, 6.45) is -0.286. The molecule has 8 nitrogen and oxygen atoms in total. The summed E-state index contributed by atoms with van der Waals surface area (Å²) in [5, 5.41) is 14.2. The van der Waals surface area contributed by atoms with Crippen molar-refractivity contribution in [1.29, 1.82) is 0 Å². The van der Waals surface area contributed by atoms with Gasteiger partial charge in [0.15, 0.2) is 11.5 Å². The Morgan fingerprint density at radius 2 is 1.69 bits per heavy atom. The Hall–Kier alpha value is -3.91. The summed E-state index contributed by atoms with van der Waals surface area (Å²) in [7, 11) is 4.68. The van der Waals surface area contributed by atoms with Crippen molar-refractivity contribution >= 4 is 5.91 Å². The molecular weight excluding hydrogens is 450 g/mol. The van der Waals surface area contributed by atoms with E-state index in [1.54, 1.807) is 39.5 Å². The first-order chi connectivity index (χ1) is 17.0. The topological polar surface area (TPSA) is 95.5 Å². The van der Waals surface area contributed by atoms with E-state index in [0.29, 0.717) is 39.9 Å². The first-order valence-corrected chi connectivity index (χ1v) is 11.3. The molecule has 0 saturated heterocycles. The van der Waals surface area contributed by atoms with Gasteiger partial charge in [0.1, 0.15) is 5.75 Å². The number of amides is 1. The van der Waals surface area contributed by atoms with Crippen molar-refractivity contribution < 1.29 is 33.6 Å². The Kier molecular flexibility index (Phi) is 7.62. The molecule has 0 spiro atoms. The molecule has 0 saturated carbocycles. The van der Waals surface area contributed by atoms with Crippen LogP contribution in [0.25, 0.3) is 0 Å². The third-order valence-corrected chi connectivity index (χ3v) is 5.89. The van der Waals surface area contributed by atoms with E-state index in [2.05, 4.69) is 5.32 Å². The van der Waals surface area contributed by atoms with Crippen LogP contribution < -0.4 is 29.0 Å². The molecule has 35 heavy (non-hydrogen) atoms. The van der Waals surface area contributed by atoms with Crippen molar-refractivity contribution in [2.45, 2.75) is 25.0 Å². The monoisotopic (exact) mass is 479 g/mol. The molecule has 4 rings (SSSR count). The quantitative estimate of drug-likeness (QED) is 0.455. The van der Waals surface area contributed by atoms with Gasteiger partial charge in [-0.25, -0.2) is 0 Å². The SMILES string of the molecule is COc1ccc([C@@H](C[C@H](O)Cc2cc(OC)c3c(c2OC)OCO3)NC(=O)c2ccccc2)cc1. The smallest absolute Gasteiger partial charge is 0.251 e. The third-order valence-electron chi connectivity index (χ3n) is 5.89. The van der Waals surface area contributed by atoms with E-state index in [-0.39, 0.29) is 25.5 Å². The Labute approximate surface area is 204 Å². The average molecular weight is 480 g/mol. The number of ether oxygens (including phenoxy) is 5. The van der Waals surface area contributed by atoms with Gasteiger partial charge in [0.05, 0.1) is 33.5 Å². The molecule has 0 bridgehead atoms. The molecule has 1 heterocycles. The molecule has 184 valence electrons. The fourth-order valence-corrected chi connectivity index (χ4v) is 4.15. The zero-order valence-corrected chi connectivity index (χ0v) is 19.9. The predicted octanol–water partition coefficient (Wildman–Crippen LogP) is 3.91. The zero-order chi connectivity index (χ0) is 24.8. The predicted molar refractivity (Wildman–Crippen MR) is 130 cm³/mol. The molecule has 1 aliphatic rings. The van der Waals surface area contributed by atoms with Crippen LogP contribution in [-0.4, -0.2) is 45.2 Å². The molecular formula is C27H29NO7. The lowest BCUT2D eigenvalue weighted by atomic mass is 9.95. The Balaban J connectivity index is 1.57. The standard InChI is InChI=1S/C27H29NO7/c1-31-21-11-9-17(10-12-21)22(28-27(30)18-7-5-4-6-8-18)15-20(29)13-19-14-23(32-2)25-26(24(19)33-3)35-16-34-25/h4-12,14,20,22,29H,13,15-16H2,1-3H3,(H,28,30)/t20-,22-/m1/s1. The highest BCUT2D eigenvalue weighted by molar-refractivity contribution is 5.94. The Morgan fingerprint density at radius 3 is 2.34 bits per heavy atom. The lowest BCUT2D eigenvalue weighted by Gasteiger charge is -2.23. The number of aliphatic hydroxyl groups is 1. The molecule has 3 aromatic carbocycles. The van der Waals surface area contributed by atoms with Crippen molar-refractivity contribution in [2.24, 2.45) is 0 Å². The molecule has 2 N–H and O–H groups in total. The second kappa shape index (κ2) is 11.0. The number of carbonyl (C=O) groups is 1. The van der Waals surface area contributed by atoms with Crippen molar-refractivity contribution in [3.05, 3.63) is 77.4 Å². The first kappa shape index (κ1) is 24.2. The minimum Gasteiger partial charge on any atom is -0.497 e. The van der Waals surface area contributed by atoms with Gasteiger partial charge < -0.3 is 34.1 Å². The molecule has 0 radical (unpaired) electrons. The maximum Gasteiger partial charge on any atom is 0.251 e. The van der Waals surface area contributed by atoms with Crippen LogP contribution in [0.2, 0.25) is 0 Å². The Morgan fingerprint density at radius 1 is 0.971 bits per heavy atom. The van der Waals surface area contributed by atoms with Gasteiger partial charge in [-0.1, -0.05) is 30.3 Å². The Bertz CT molecular complexity index is 1150. The number of methoxy groups -OCH3 is 3. The fourth-order valence-electron chi connectivity index (χ4n) is 4.15.